The Morgan fingerprint density at radius 3 is 2.79 bits per heavy atom. The van der Waals surface area contributed by atoms with E-state index >= 15 is 0 Å². The monoisotopic (exact) mass is 212 g/mol. The van der Waals surface area contributed by atoms with Crippen LogP contribution in [0.15, 0.2) is 18.2 Å². The van der Waals surface area contributed by atoms with Crippen LogP contribution in [-0.4, -0.2) is 11.5 Å². The second-order valence-electron chi connectivity index (χ2n) is 3.26. The molecule has 1 aromatic carbocycles. The first-order valence-corrected chi connectivity index (χ1v) is 4.73. The van der Waals surface area contributed by atoms with Crippen molar-refractivity contribution in [3.63, 3.8) is 0 Å². The summed E-state index contributed by atoms with van der Waals surface area (Å²) in [5.41, 5.74) is 0.834. The molecule has 1 saturated heterocycles. The molecule has 0 amide bonds. The fourth-order valence-electron chi connectivity index (χ4n) is 1.52. The summed E-state index contributed by atoms with van der Waals surface area (Å²) in [6.07, 6.45) is 0.932. The lowest BCUT2D eigenvalue weighted by molar-refractivity contribution is -0.385. The van der Waals surface area contributed by atoms with Gasteiger partial charge in [-0.3, -0.25) is 10.1 Å². The molecular weight excluding hydrogens is 204 g/mol. The van der Waals surface area contributed by atoms with Crippen LogP contribution in [0.1, 0.15) is 18.0 Å². The molecule has 0 bridgehead atoms. The van der Waals surface area contributed by atoms with Crippen molar-refractivity contribution in [1.29, 1.82) is 0 Å². The standard InChI is InChI=1S/C9H9ClN2O2/c10-6-1-2-9(12(13)14)7(5-6)8-3-4-11-8/h1-2,5,8,11H,3-4H2/t8-/m0/s1. The molecule has 14 heavy (non-hydrogen) atoms. The fraction of sp³-hybridized carbons (Fsp3) is 0.333. The number of nitro groups is 1. The molecule has 0 aliphatic carbocycles. The lowest BCUT2D eigenvalue weighted by atomic mass is 9.96. The molecule has 5 heteroatoms. The lowest BCUT2D eigenvalue weighted by Crippen LogP contribution is -2.35. The summed E-state index contributed by atoms with van der Waals surface area (Å²) in [6.45, 7) is 0.911. The van der Waals surface area contributed by atoms with Crippen molar-refractivity contribution < 1.29 is 4.92 Å². The van der Waals surface area contributed by atoms with Gasteiger partial charge in [-0.15, -0.1) is 0 Å². The van der Waals surface area contributed by atoms with Crippen molar-refractivity contribution in [2.24, 2.45) is 0 Å². The largest absolute Gasteiger partial charge is 0.310 e. The number of hydrogen-bond donors (Lipinski definition) is 1. The minimum absolute atomic E-state index is 0.0918. The Balaban J connectivity index is 2.42. The van der Waals surface area contributed by atoms with Crippen molar-refractivity contribution >= 4 is 17.3 Å². The minimum atomic E-state index is -0.369. The van der Waals surface area contributed by atoms with E-state index in [4.69, 9.17) is 11.6 Å². The summed E-state index contributed by atoms with van der Waals surface area (Å²) in [7, 11) is 0. The van der Waals surface area contributed by atoms with Crippen LogP contribution >= 0.6 is 11.6 Å². The van der Waals surface area contributed by atoms with E-state index in [0.29, 0.717) is 10.6 Å². The predicted octanol–water partition coefficient (Wildman–Crippen LogP) is 2.28. The second-order valence-corrected chi connectivity index (χ2v) is 3.69. The maximum absolute atomic E-state index is 10.7. The summed E-state index contributed by atoms with van der Waals surface area (Å²) in [5.74, 6) is 0. The van der Waals surface area contributed by atoms with Crippen molar-refractivity contribution in [3.8, 4) is 0 Å². The average Bonchev–Trinajstić information content (AvgIpc) is 2.00. The molecule has 0 unspecified atom stereocenters. The molecule has 0 aromatic heterocycles. The van der Waals surface area contributed by atoms with Gasteiger partial charge >= 0.3 is 0 Å². The summed E-state index contributed by atoms with van der Waals surface area (Å²) in [5, 5.41) is 14.4. The van der Waals surface area contributed by atoms with Gasteiger partial charge in [0.15, 0.2) is 0 Å². The molecule has 2 rings (SSSR count). The minimum Gasteiger partial charge on any atom is -0.310 e. The van der Waals surface area contributed by atoms with E-state index in [1.165, 1.54) is 6.07 Å². The maximum Gasteiger partial charge on any atom is 0.274 e. The van der Waals surface area contributed by atoms with Gasteiger partial charge < -0.3 is 5.32 Å². The molecule has 0 saturated carbocycles. The zero-order valence-electron chi connectivity index (χ0n) is 7.37. The number of hydrogen-bond acceptors (Lipinski definition) is 3. The Morgan fingerprint density at radius 1 is 1.57 bits per heavy atom. The van der Waals surface area contributed by atoms with E-state index in [9.17, 15) is 10.1 Å². The van der Waals surface area contributed by atoms with Gasteiger partial charge in [0.2, 0.25) is 0 Å². The molecule has 1 aliphatic heterocycles. The van der Waals surface area contributed by atoms with Gasteiger partial charge in [0.05, 0.1) is 4.92 Å². The van der Waals surface area contributed by atoms with Crippen LogP contribution in [0.25, 0.3) is 0 Å². The second kappa shape index (κ2) is 3.55. The van der Waals surface area contributed by atoms with Crippen molar-refractivity contribution in [2.45, 2.75) is 12.5 Å². The number of benzene rings is 1. The Hall–Kier alpha value is -1.13. The Labute approximate surface area is 86.0 Å². The van der Waals surface area contributed by atoms with Gasteiger partial charge in [-0.25, -0.2) is 0 Å². The van der Waals surface area contributed by atoms with Gasteiger partial charge in [-0.2, -0.15) is 0 Å². The smallest absolute Gasteiger partial charge is 0.274 e. The average molecular weight is 213 g/mol. The molecule has 1 fully saturated rings. The topological polar surface area (TPSA) is 55.2 Å². The van der Waals surface area contributed by atoms with E-state index in [0.717, 1.165) is 13.0 Å². The fourth-order valence-corrected chi connectivity index (χ4v) is 1.71. The Bertz CT molecular complexity index is 377. The number of nitrogens with one attached hydrogen (secondary N) is 1. The van der Waals surface area contributed by atoms with Crippen molar-refractivity contribution in [2.75, 3.05) is 6.54 Å². The molecule has 74 valence electrons. The van der Waals surface area contributed by atoms with Gasteiger partial charge in [0, 0.05) is 22.7 Å². The van der Waals surface area contributed by atoms with Gasteiger partial charge in [-0.1, -0.05) is 11.6 Å². The molecular formula is C9H9ClN2O2. The van der Waals surface area contributed by atoms with Gasteiger partial charge in [0.1, 0.15) is 0 Å². The van der Waals surface area contributed by atoms with Crippen LogP contribution in [0.4, 0.5) is 5.69 Å². The first kappa shape index (κ1) is 9.43. The molecule has 4 nitrogen and oxygen atoms in total. The first-order chi connectivity index (χ1) is 6.68. The summed E-state index contributed by atoms with van der Waals surface area (Å²) < 4.78 is 0. The molecule has 0 radical (unpaired) electrons. The summed E-state index contributed by atoms with van der Waals surface area (Å²) >= 11 is 5.80. The molecule has 1 N–H and O–H groups in total. The molecule has 1 aliphatic rings. The summed E-state index contributed by atoms with van der Waals surface area (Å²) in [4.78, 5) is 10.3. The number of nitro benzene ring substituents is 1. The highest BCUT2D eigenvalue weighted by Gasteiger charge is 2.26. The quantitative estimate of drug-likeness (QED) is 0.605. The molecule has 1 atom stereocenters. The van der Waals surface area contributed by atoms with E-state index in [2.05, 4.69) is 5.32 Å². The number of halogens is 1. The van der Waals surface area contributed by atoms with Crippen molar-refractivity contribution in [1.82, 2.24) is 5.32 Å². The Kier molecular flexibility index (Phi) is 2.39. The third-order valence-electron chi connectivity index (χ3n) is 2.39. The van der Waals surface area contributed by atoms with Gasteiger partial charge in [0.25, 0.3) is 5.69 Å². The maximum atomic E-state index is 10.7. The van der Waals surface area contributed by atoms with E-state index < -0.39 is 0 Å². The predicted molar refractivity (Wildman–Crippen MR) is 53.5 cm³/mol. The lowest BCUT2D eigenvalue weighted by Gasteiger charge is -2.27. The third kappa shape index (κ3) is 1.58. The first-order valence-electron chi connectivity index (χ1n) is 4.35. The zero-order chi connectivity index (χ0) is 10.1. The third-order valence-corrected chi connectivity index (χ3v) is 2.62. The van der Waals surface area contributed by atoms with Crippen LogP contribution in [0.5, 0.6) is 0 Å². The number of nitrogens with zero attached hydrogens (tertiary/aromatic N) is 1. The van der Waals surface area contributed by atoms with Crippen LogP contribution in [-0.2, 0) is 0 Å². The Morgan fingerprint density at radius 2 is 2.29 bits per heavy atom. The highest BCUT2D eigenvalue weighted by Crippen LogP contribution is 2.32. The molecule has 1 aromatic rings. The highest BCUT2D eigenvalue weighted by molar-refractivity contribution is 6.30. The number of rotatable bonds is 2. The SMILES string of the molecule is O=[N+]([O-])c1ccc(Cl)cc1[C@@H]1CCN1. The van der Waals surface area contributed by atoms with Crippen LogP contribution < -0.4 is 5.32 Å². The van der Waals surface area contributed by atoms with E-state index in [1.54, 1.807) is 12.1 Å². The van der Waals surface area contributed by atoms with Gasteiger partial charge in [-0.05, 0) is 25.1 Å². The van der Waals surface area contributed by atoms with E-state index in [1.807, 2.05) is 0 Å². The van der Waals surface area contributed by atoms with Crippen LogP contribution in [0, 0.1) is 10.1 Å². The van der Waals surface area contributed by atoms with E-state index in [-0.39, 0.29) is 16.7 Å². The normalized spacial score (nSPS) is 20.2. The van der Waals surface area contributed by atoms with Crippen LogP contribution in [0.2, 0.25) is 5.02 Å². The van der Waals surface area contributed by atoms with Crippen molar-refractivity contribution in [3.05, 3.63) is 38.9 Å². The molecule has 1 heterocycles. The zero-order valence-corrected chi connectivity index (χ0v) is 8.12. The highest BCUT2D eigenvalue weighted by atomic mass is 35.5. The molecule has 0 spiro atoms. The van der Waals surface area contributed by atoms with Crippen LogP contribution in [0.3, 0.4) is 0 Å². The summed E-state index contributed by atoms with van der Waals surface area (Å²) in [6, 6.07) is 4.75.